The van der Waals surface area contributed by atoms with Crippen LogP contribution in [0.1, 0.15) is 12.0 Å². The first kappa shape index (κ1) is 10.5. The van der Waals surface area contributed by atoms with E-state index >= 15 is 0 Å². The summed E-state index contributed by atoms with van der Waals surface area (Å²) in [7, 11) is 0. The summed E-state index contributed by atoms with van der Waals surface area (Å²) in [6, 6.07) is 5.11. The fourth-order valence-corrected chi connectivity index (χ4v) is 1.86. The van der Waals surface area contributed by atoms with Gasteiger partial charge in [0, 0.05) is 23.6 Å². The summed E-state index contributed by atoms with van der Waals surface area (Å²) in [5, 5.41) is 19.0. The van der Waals surface area contributed by atoms with E-state index in [1.807, 2.05) is 17.7 Å². The van der Waals surface area contributed by atoms with Crippen molar-refractivity contribution in [3.8, 4) is 5.75 Å². The molecule has 0 saturated heterocycles. The first-order valence-electron chi connectivity index (χ1n) is 5.08. The van der Waals surface area contributed by atoms with Crippen LogP contribution in [0.15, 0.2) is 24.4 Å². The first-order chi connectivity index (χ1) is 7.58. The molecular weight excluding hydrogens is 206 g/mol. The van der Waals surface area contributed by atoms with Crippen LogP contribution in [0.4, 0.5) is 0 Å². The fraction of sp³-hybridized carbons (Fsp3) is 0.250. The van der Waals surface area contributed by atoms with Gasteiger partial charge in [-0.1, -0.05) is 0 Å². The average molecular weight is 219 g/mol. The van der Waals surface area contributed by atoms with E-state index in [9.17, 15) is 9.90 Å². The highest BCUT2D eigenvalue weighted by Crippen LogP contribution is 2.24. The molecule has 0 aliphatic heterocycles. The minimum atomic E-state index is -0.807. The van der Waals surface area contributed by atoms with Crippen molar-refractivity contribution in [1.29, 1.82) is 0 Å². The Morgan fingerprint density at radius 3 is 2.88 bits per heavy atom. The van der Waals surface area contributed by atoms with Crippen LogP contribution in [0.25, 0.3) is 10.9 Å². The number of hydrogen-bond acceptors (Lipinski definition) is 2. The predicted octanol–water partition coefficient (Wildman–Crippen LogP) is 2.13. The normalized spacial score (nSPS) is 10.8. The van der Waals surface area contributed by atoms with Crippen LogP contribution in [-0.4, -0.2) is 20.7 Å². The SMILES string of the molecule is Cc1cn(CCC(=O)O)c2ccc(O)cc12. The minimum absolute atomic E-state index is 0.101. The summed E-state index contributed by atoms with van der Waals surface area (Å²) >= 11 is 0. The molecule has 0 bridgehead atoms. The standard InChI is InChI=1S/C12H13NO3/c1-8-7-13(5-4-12(15)16)11-3-2-9(14)6-10(8)11/h2-3,6-7,14H,4-5H2,1H3,(H,15,16). The number of aliphatic carboxylic acids is 1. The molecule has 0 amide bonds. The minimum Gasteiger partial charge on any atom is -0.508 e. The fourth-order valence-electron chi connectivity index (χ4n) is 1.86. The predicted molar refractivity (Wildman–Crippen MR) is 60.6 cm³/mol. The average Bonchev–Trinajstić information content (AvgIpc) is 2.53. The molecule has 4 heteroatoms. The van der Waals surface area contributed by atoms with Gasteiger partial charge in [-0.2, -0.15) is 0 Å². The zero-order valence-electron chi connectivity index (χ0n) is 8.97. The maximum absolute atomic E-state index is 10.5. The lowest BCUT2D eigenvalue weighted by atomic mass is 10.2. The number of phenols is 1. The molecule has 4 nitrogen and oxygen atoms in total. The lowest BCUT2D eigenvalue weighted by molar-refractivity contribution is -0.137. The van der Waals surface area contributed by atoms with E-state index in [-0.39, 0.29) is 12.2 Å². The second kappa shape index (κ2) is 3.89. The van der Waals surface area contributed by atoms with Crippen molar-refractivity contribution in [1.82, 2.24) is 4.57 Å². The Hall–Kier alpha value is -1.97. The molecule has 0 spiro atoms. The van der Waals surface area contributed by atoms with Crippen molar-refractivity contribution >= 4 is 16.9 Å². The van der Waals surface area contributed by atoms with E-state index in [1.165, 1.54) is 0 Å². The van der Waals surface area contributed by atoms with E-state index in [0.29, 0.717) is 6.54 Å². The number of nitrogens with zero attached hydrogens (tertiary/aromatic N) is 1. The highest BCUT2D eigenvalue weighted by Gasteiger charge is 2.07. The number of carboxylic acid groups (broad SMARTS) is 1. The number of phenolic OH excluding ortho intramolecular Hbond substituents is 1. The summed E-state index contributed by atoms with van der Waals surface area (Å²) in [6.45, 7) is 2.39. The molecule has 1 heterocycles. The van der Waals surface area contributed by atoms with Crippen molar-refractivity contribution in [2.45, 2.75) is 19.9 Å². The zero-order valence-corrected chi connectivity index (χ0v) is 8.97. The lowest BCUT2D eigenvalue weighted by Crippen LogP contribution is -2.03. The van der Waals surface area contributed by atoms with Crippen LogP contribution < -0.4 is 0 Å². The molecule has 0 fully saturated rings. The highest BCUT2D eigenvalue weighted by atomic mass is 16.4. The van der Waals surface area contributed by atoms with Crippen LogP contribution in [0.2, 0.25) is 0 Å². The van der Waals surface area contributed by atoms with E-state index in [2.05, 4.69) is 0 Å². The van der Waals surface area contributed by atoms with Crippen LogP contribution in [0.3, 0.4) is 0 Å². The molecule has 0 saturated carbocycles. The third-order valence-corrected chi connectivity index (χ3v) is 2.63. The van der Waals surface area contributed by atoms with Gasteiger partial charge in [-0.3, -0.25) is 4.79 Å². The Kier molecular flexibility index (Phi) is 2.56. The number of aromatic nitrogens is 1. The van der Waals surface area contributed by atoms with E-state index < -0.39 is 5.97 Å². The molecule has 2 N–H and O–H groups in total. The molecule has 0 aliphatic rings. The summed E-state index contributed by atoms with van der Waals surface area (Å²) in [6.07, 6.45) is 2.01. The lowest BCUT2D eigenvalue weighted by Gasteiger charge is -2.02. The number of carboxylic acids is 1. The van der Waals surface area contributed by atoms with Crippen molar-refractivity contribution in [2.24, 2.45) is 0 Å². The Bertz CT molecular complexity index is 542. The molecule has 2 aromatic rings. The third kappa shape index (κ3) is 1.86. The Morgan fingerprint density at radius 2 is 2.19 bits per heavy atom. The molecule has 0 radical (unpaired) electrons. The topological polar surface area (TPSA) is 62.5 Å². The molecule has 2 rings (SSSR count). The maximum atomic E-state index is 10.5. The smallest absolute Gasteiger partial charge is 0.305 e. The molecule has 84 valence electrons. The van der Waals surface area contributed by atoms with Gasteiger partial charge >= 0.3 is 5.97 Å². The highest BCUT2D eigenvalue weighted by molar-refractivity contribution is 5.85. The molecular formula is C12H13NO3. The van der Waals surface area contributed by atoms with Gasteiger partial charge in [0.2, 0.25) is 0 Å². The number of aromatic hydroxyl groups is 1. The summed E-state index contributed by atoms with van der Waals surface area (Å²) in [4.78, 5) is 10.5. The second-order valence-electron chi connectivity index (χ2n) is 3.85. The van der Waals surface area contributed by atoms with Crippen molar-refractivity contribution in [3.63, 3.8) is 0 Å². The number of carbonyl (C=O) groups is 1. The van der Waals surface area contributed by atoms with E-state index in [4.69, 9.17) is 5.11 Å². The largest absolute Gasteiger partial charge is 0.508 e. The number of aryl methyl sites for hydroxylation is 2. The van der Waals surface area contributed by atoms with E-state index in [1.54, 1.807) is 18.2 Å². The Balaban J connectivity index is 2.43. The van der Waals surface area contributed by atoms with Crippen LogP contribution in [0, 0.1) is 6.92 Å². The zero-order chi connectivity index (χ0) is 11.7. The Labute approximate surface area is 92.7 Å². The third-order valence-electron chi connectivity index (χ3n) is 2.63. The van der Waals surface area contributed by atoms with Gasteiger partial charge in [0.1, 0.15) is 5.75 Å². The number of hydrogen-bond donors (Lipinski definition) is 2. The van der Waals surface area contributed by atoms with Crippen molar-refractivity contribution < 1.29 is 15.0 Å². The van der Waals surface area contributed by atoms with Gasteiger partial charge < -0.3 is 14.8 Å². The maximum Gasteiger partial charge on any atom is 0.305 e. The summed E-state index contributed by atoms with van der Waals surface area (Å²) < 4.78 is 1.90. The van der Waals surface area contributed by atoms with Gasteiger partial charge in [-0.15, -0.1) is 0 Å². The van der Waals surface area contributed by atoms with Gasteiger partial charge in [-0.05, 0) is 30.7 Å². The van der Waals surface area contributed by atoms with Crippen LogP contribution in [-0.2, 0) is 11.3 Å². The number of rotatable bonds is 3. The number of fused-ring (bicyclic) bond motifs is 1. The first-order valence-corrected chi connectivity index (χ1v) is 5.08. The van der Waals surface area contributed by atoms with Gasteiger partial charge in [0.05, 0.1) is 6.42 Å². The van der Waals surface area contributed by atoms with Crippen LogP contribution >= 0.6 is 0 Å². The van der Waals surface area contributed by atoms with E-state index in [0.717, 1.165) is 16.5 Å². The number of benzene rings is 1. The molecule has 1 aromatic heterocycles. The van der Waals surface area contributed by atoms with Crippen molar-refractivity contribution in [2.75, 3.05) is 0 Å². The quantitative estimate of drug-likeness (QED) is 0.831. The Morgan fingerprint density at radius 1 is 1.44 bits per heavy atom. The molecule has 16 heavy (non-hydrogen) atoms. The summed E-state index contributed by atoms with van der Waals surface area (Å²) in [5.74, 6) is -0.579. The van der Waals surface area contributed by atoms with Gasteiger partial charge in [-0.25, -0.2) is 0 Å². The summed E-state index contributed by atoms with van der Waals surface area (Å²) in [5.41, 5.74) is 1.99. The molecule has 0 atom stereocenters. The van der Waals surface area contributed by atoms with Crippen LogP contribution in [0.5, 0.6) is 5.75 Å². The van der Waals surface area contributed by atoms with Crippen molar-refractivity contribution in [3.05, 3.63) is 30.0 Å². The van der Waals surface area contributed by atoms with Gasteiger partial charge in [0.25, 0.3) is 0 Å². The second-order valence-corrected chi connectivity index (χ2v) is 3.85. The molecule has 1 aromatic carbocycles. The molecule has 0 unspecified atom stereocenters. The molecule has 0 aliphatic carbocycles. The monoisotopic (exact) mass is 219 g/mol. The van der Waals surface area contributed by atoms with Gasteiger partial charge in [0.15, 0.2) is 0 Å².